The molecule has 108 valence electrons. The Hall–Kier alpha value is -1.85. The first-order valence-corrected chi connectivity index (χ1v) is 8.12. The van der Waals surface area contributed by atoms with E-state index in [1.165, 1.54) is 24.0 Å². The largest absolute Gasteiger partial charge is 0.437 e. The number of rotatable bonds is 4. The van der Waals surface area contributed by atoms with E-state index in [-0.39, 0.29) is 0 Å². The average molecular weight is 299 g/mol. The van der Waals surface area contributed by atoms with Crippen molar-refractivity contribution in [2.75, 3.05) is 7.05 Å². The minimum atomic E-state index is 0.703. The van der Waals surface area contributed by atoms with E-state index in [9.17, 15) is 0 Å². The molecule has 5 heteroatoms. The van der Waals surface area contributed by atoms with E-state index in [0.717, 1.165) is 29.4 Å². The molecule has 1 aliphatic carbocycles. The predicted molar refractivity (Wildman–Crippen MR) is 84.4 cm³/mol. The van der Waals surface area contributed by atoms with E-state index >= 15 is 0 Å². The number of ether oxygens (including phenoxy) is 1. The lowest BCUT2D eigenvalue weighted by Gasteiger charge is -2.07. The Labute approximate surface area is 127 Å². The number of hydrogen-bond donors (Lipinski definition) is 1. The predicted octanol–water partition coefficient (Wildman–Crippen LogP) is 3.40. The lowest BCUT2D eigenvalue weighted by Crippen LogP contribution is -2.08. The SMILES string of the molecule is CNCc1c(Oc2ccc3c(c2)CCC3)nc2sccn12. The quantitative estimate of drug-likeness (QED) is 0.802. The van der Waals surface area contributed by atoms with Gasteiger partial charge in [0.05, 0.1) is 0 Å². The second-order valence-electron chi connectivity index (χ2n) is 5.34. The summed E-state index contributed by atoms with van der Waals surface area (Å²) in [6, 6.07) is 6.41. The minimum absolute atomic E-state index is 0.703. The average Bonchev–Trinajstić information content (AvgIpc) is 3.17. The smallest absolute Gasteiger partial charge is 0.243 e. The van der Waals surface area contributed by atoms with Crippen molar-refractivity contribution < 1.29 is 4.74 Å². The van der Waals surface area contributed by atoms with Gasteiger partial charge in [0.15, 0.2) is 4.96 Å². The second-order valence-corrected chi connectivity index (χ2v) is 6.21. The van der Waals surface area contributed by atoms with E-state index in [1.807, 2.05) is 18.6 Å². The molecule has 2 aromatic heterocycles. The van der Waals surface area contributed by atoms with Crippen molar-refractivity contribution in [3.63, 3.8) is 0 Å². The fourth-order valence-corrected chi connectivity index (χ4v) is 3.67. The van der Waals surface area contributed by atoms with Gasteiger partial charge in [-0.3, -0.25) is 4.40 Å². The number of aromatic nitrogens is 2. The molecular weight excluding hydrogens is 282 g/mol. The first kappa shape index (κ1) is 12.9. The van der Waals surface area contributed by atoms with Gasteiger partial charge in [-0.2, -0.15) is 4.98 Å². The van der Waals surface area contributed by atoms with Crippen LogP contribution in [0.1, 0.15) is 23.2 Å². The highest BCUT2D eigenvalue weighted by Gasteiger charge is 2.16. The monoisotopic (exact) mass is 299 g/mol. The molecule has 0 spiro atoms. The highest BCUT2D eigenvalue weighted by Crippen LogP contribution is 2.31. The molecule has 4 nitrogen and oxygen atoms in total. The Morgan fingerprint density at radius 3 is 3.14 bits per heavy atom. The van der Waals surface area contributed by atoms with Gasteiger partial charge in [0, 0.05) is 18.1 Å². The van der Waals surface area contributed by atoms with Gasteiger partial charge in [0.25, 0.3) is 0 Å². The molecule has 1 aliphatic rings. The van der Waals surface area contributed by atoms with Gasteiger partial charge in [0.1, 0.15) is 11.4 Å². The molecule has 0 saturated carbocycles. The fourth-order valence-electron chi connectivity index (χ4n) is 2.95. The Morgan fingerprint density at radius 2 is 2.24 bits per heavy atom. The van der Waals surface area contributed by atoms with E-state index in [0.29, 0.717) is 5.88 Å². The third-order valence-corrected chi connectivity index (χ3v) is 4.71. The van der Waals surface area contributed by atoms with Gasteiger partial charge in [-0.05, 0) is 49.6 Å². The summed E-state index contributed by atoms with van der Waals surface area (Å²) in [5.74, 6) is 1.59. The summed E-state index contributed by atoms with van der Waals surface area (Å²) in [5.41, 5.74) is 3.95. The van der Waals surface area contributed by atoms with Crippen molar-refractivity contribution >= 4 is 16.3 Å². The Kier molecular flexibility index (Phi) is 3.16. The van der Waals surface area contributed by atoms with Crippen LogP contribution in [0.5, 0.6) is 11.6 Å². The van der Waals surface area contributed by atoms with Crippen molar-refractivity contribution in [3.8, 4) is 11.6 Å². The summed E-state index contributed by atoms with van der Waals surface area (Å²) in [6.07, 6.45) is 5.65. The molecule has 21 heavy (non-hydrogen) atoms. The number of imidazole rings is 1. The lowest BCUT2D eigenvalue weighted by atomic mass is 10.1. The third kappa shape index (κ3) is 2.22. The molecule has 0 bridgehead atoms. The highest BCUT2D eigenvalue weighted by molar-refractivity contribution is 7.15. The summed E-state index contributed by atoms with van der Waals surface area (Å²) in [7, 11) is 1.94. The topological polar surface area (TPSA) is 38.6 Å². The standard InChI is InChI=1S/C16H17N3OS/c1-17-10-14-15(18-16-19(14)7-8-21-16)20-13-6-5-11-3-2-4-12(11)9-13/h5-9,17H,2-4,10H2,1H3. The first-order chi connectivity index (χ1) is 10.3. The van der Waals surface area contributed by atoms with Crippen LogP contribution in [0.2, 0.25) is 0 Å². The molecule has 2 heterocycles. The van der Waals surface area contributed by atoms with Crippen LogP contribution < -0.4 is 10.1 Å². The lowest BCUT2D eigenvalue weighted by molar-refractivity contribution is 0.456. The molecule has 1 aromatic carbocycles. The molecule has 0 amide bonds. The molecule has 1 N–H and O–H groups in total. The van der Waals surface area contributed by atoms with E-state index in [2.05, 4.69) is 32.9 Å². The Balaban J connectivity index is 1.70. The van der Waals surface area contributed by atoms with Crippen molar-refractivity contribution in [1.29, 1.82) is 0 Å². The Bertz CT molecular complexity index is 790. The summed E-state index contributed by atoms with van der Waals surface area (Å²) < 4.78 is 8.15. The van der Waals surface area contributed by atoms with Crippen LogP contribution in [0, 0.1) is 0 Å². The van der Waals surface area contributed by atoms with Crippen LogP contribution in [0.25, 0.3) is 4.96 Å². The van der Waals surface area contributed by atoms with Crippen LogP contribution >= 0.6 is 11.3 Å². The third-order valence-electron chi connectivity index (χ3n) is 3.95. The fraction of sp³-hybridized carbons (Fsp3) is 0.312. The zero-order valence-electron chi connectivity index (χ0n) is 11.9. The van der Waals surface area contributed by atoms with Crippen LogP contribution in [-0.2, 0) is 19.4 Å². The maximum Gasteiger partial charge on any atom is 0.243 e. The normalized spacial score (nSPS) is 13.8. The van der Waals surface area contributed by atoms with Gasteiger partial charge in [-0.1, -0.05) is 6.07 Å². The summed E-state index contributed by atoms with van der Waals surface area (Å²) in [4.78, 5) is 5.57. The van der Waals surface area contributed by atoms with Crippen LogP contribution in [0.4, 0.5) is 0 Å². The van der Waals surface area contributed by atoms with Crippen molar-refractivity contribution in [3.05, 3.63) is 46.6 Å². The van der Waals surface area contributed by atoms with Gasteiger partial charge in [-0.25, -0.2) is 0 Å². The minimum Gasteiger partial charge on any atom is -0.437 e. The van der Waals surface area contributed by atoms with Crippen molar-refractivity contribution in [1.82, 2.24) is 14.7 Å². The molecule has 4 rings (SSSR count). The van der Waals surface area contributed by atoms with Gasteiger partial charge < -0.3 is 10.1 Å². The summed E-state index contributed by atoms with van der Waals surface area (Å²) in [5, 5.41) is 5.23. The number of benzene rings is 1. The van der Waals surface area contributed by atoms with E-state index < -0.39 is 0 Å². The number of fused-ring (bicyclic) bond motifs is 2. The number of nitrogens with one attached hydrogen (secondary N) is 1. The van der Waals surface area contributed by atoms with Crippen molar-refractivity contribution in [2.45, 2.75) is 25.8 Å². The molecule has 0 unspecified atom stereocenters. The number of thiazole rings is 1. The number of hydrogen-bond acceptors (Lipinski definition) is 4. The van der Waals surface area contributed by atoms with Crippen LogP contribution in [0.15, 0.2) is 29.8 Å². The molecule has 0 atom stereocenters. The molecule has 0 saturated heterocycles. The zero-order valence-corrected chi connectivity index (χ0v) is 12.7. The molecule has 0 fully saturated rings. The maximum atomic E-state index is 6.07. The summed E-state index contributed by atoms with van der Waals surface area (Å²) in [6.45, 7) is 0.734. The van der Waals surface area contributed by atoms with E-state index in [1.54, 1.807) is 11.3 Å². The number of aryl methyl sites for hydroxylation is 2. The van der Waals surface area contributed by atoms with Gasteiger partial charge in [-0.15, -0.1) is 11.3 Å². The highest BCUT2D eigenvalue weighted by atomic mass is 32.1. The van der Waals surface area contributed by atoms with Crippen molar-refractivity contribution in [2.24, 2.45) is 0 Å². The first-order valence-electron chi connectivity index (χ1n) is 7.24. The van der Waals surface area contributed by atoms with Gasteiger partial charge in [0.2, 0.25) is 5.88 Å². The zero-order chi connectivity index (χ0) is 14.2. The molecule has 0 aliphatic heterocycles. The Morgan fingerprint density at radius 1 is 1.33 bits per heavy atom. The molecule has 3 aromatic rings. The van der Waals surface area contributed by atoms with Gasteiger partial charge >= 0.3 is 0 Å². The second kappa shape index (κ2) is 5.16. The van der Waals surface area contributed by atoms with E-state index in [4.69, 9.17) is 4.74 Å². The van der Waals surface area contributed by atoms with Crippen LogP contribution in [0.3, 0.4) is 0 Å². The number of nitrogens with zero attached hydrogens (tertiary/aromatic N) is 2. The molecular formula is C16H17N3OS. The maximum absolute atomic E-state index is 6.07. The summed E-state index contributed by atoms with van der Waals surface area (Å²) >= 11 is 1.62. The molecule has 0 radical (unpaired) electrons. The van der Waals surface area contributed by atoms with Crippen LogP contribution in [-0.4, -0.2) is 16.4 Å².